The Bertz CT molecular complexity index is 591. The number of para-hydroxylation sites is 1. The molecule has 1 aliphatic rings. The third-order valence-corrected chi connectivity index (χ3v) is 3.85. The van der Waals surface area contributed by atoms with Crippen LogP contribution in [-0.2, 0) is 15.5 Å². The summed E-state index contributed by atoms with van der Waals surface area (Å²) in [6.45, 7) is 1.81. The van der Waals surface area contributed by atoms with Crippen LogP contribution in [0.1, 0.15) is 25.3 Å². The molecule has 0 aliphatic carbocycles. The summed E-state index contributed by atoms with van der Waals surface area (Å²) in [7, 11) is 0. The second-order valence-electron chi connectivity index (χ2n) is 5.43. The summed E-state index contributed by atoms with van der Waals surface area (Å²) in [4.78, 5) is 24.2. The first kappa shape index (κ1) is 17.2. The van der Waals surface area contributed by atoms with Gasteiger partial charge in [0.05, 0.1) is 18.1 Å². The quantitative estimate of drug-likeness (QED) is 0.902. The van der Waals surface area contributed by atoms with Crippen molar-refractivity contribution in [3.05, 3.63) is 29.8 Å². The standard InChI is InChI=1S/C16H19F2NO4/c1-2-23-13-8-4-3-7-12(13)16(17,18)15(22)19-9-5-6-11(10-19)14(20)21/h3-4,7-8,11H,2,5-6,9-10H2,1H3,(H,20,21)/t11-/m0/s1. The van der Waals surface area contributed by atoms with Gasteiger partial charge in [-0.15, -0.1) is 0 Å². The largest absolute Gasteiger partial charge is 0.493 e. The van der Waals surface area contributed by atoms with E-state index in [1.54, 1.807) is 13.0 Å². The van der Waals surface area contributed by atoms with E-state index >= 15 is 0 Å². The van der Waals surface area contributed by atoms with Gasteiger partial charge in [0.15, 0.2) is 0 Å². The van der Waals surface area contributed by atoms with Crippen LogP contribution in [0.3, 0.4) is 0 Å². The van der Waals surface area contributed by atoms with Crippen molar-refractivity contribution in [1.29, 1.82) is 0 Å². The molecule has 0 spiro atoms. The number of amides is 1. The van der Waals surface area contributed by atoms with Gasteiger partial charge in [-0.25, -0.2) is 0 Å². The van der Waals surface area contributed by atoms with Crippen LogP contribution in [0.25, 0.3) is 0 Å². The first-order valence-corrected chi connectivity index (χ1v) is 7.50. The summed E-state index contributed by atoms with van der Waals surface area (Å²) in [5, 5.41) is 9.03. The van der Waals surface area contributed by atoms with E-state index in [0.29, 0.717) is 12.8 Å². The smallest absolute Gasteiger partial charge is 0.353 e. The number of alkyl halides is 2. The van der Waals surface area contributed by atoms with E-state index in [2.05, 4.69) is 0 Å². The molecule has 0 unspecified atom stereocenters. The fraction of sp³-hybridized carbons (Fsp3) is 0.500. The highest BCUT2D eigenvalue weighted by molar-refractivity contribution is 5.86. The molecular formula is C16H19F2NO4. The number of hydrogen-bond acceptors (Lipinski definition) is 3. The lowest BCUT2D eigenvalue weighted by molar-refractivity contribution is -0.163. The molecule has 1 aliphatic heterocycles. The van der Waals surface area contributed by atoms with Gasteiger partial charge in [-0.2, -0.15) is 8.78 Å². The minimum atomic E-state index is -3.76. The molecule has 1 aromatic rings. The maximum atomic E-state index is 14.6. The highest BCUT2D eigenvalue weighted by Gasteiger charge is 2.47. The number of aliphatic carboxylic acids is 1. The van der Waals surface area contributed by atoms with Crippen LogP contribution in [-0.4, -0.2) is 41.6 Å². The summed E-state index contributed by atoms with van der Waals surface area (Å²) in [5.41, 5.74) is -0.496. The summed E-state index contributed by atoms with van der Waals surface area (Å²) >= 11 is 0. The van der Waals surface area contributed by atoms with Gasteiger partial charge in [0.1, 0.15) is 5.75 Å². The van der Waals surface area contributed by atoms with Gasteiger partial charge in [-0.05, 0) is 31.9 Å². The van der Waals surface area contributed by atoms with Crippen molar-refractivity contribution in [1.82, 2.24) is 4.90 Å². The topological polar surface area (TPSA) is 66.8 Å². The number of hydrogen-bond donors (Lipinski definition) is 1. The van der Waals surface area contributed by atoms with Crippen molar-refractivity contribution >= 4 is 11.9 Å². The van der Waals surface area contributed by atoms with Gasteiger partial charge < -0.3 is 14.7 Å². The van der Waals surface area contributed by atoms with Crippen molar-refractivity contribution in [2.75, 3.05) is 19.7 Å². The molecule has 1 saturated heterocycles. The lowest BCUT2D eigenvalue weighted by atomic mass is 9.97. The van der Waals surface area contributed by atoms with Crippen LogP contribution in [0, 0.1) is 5.92 Å². The number of benzene rings is 1. The van der Waals surface area contributed by atoms with E-state index in [1.807, 2.05) is 0 Å². The molecule has 1 atom stereocenters. The lowest BCUT2D eigenvalue weighted by Crippen LogP contribution is -2.48. The molecule has 126 valence electrons. The minimum absolute atomic E-state index is 0.0415. The predicted octanol–water partition coefficient (Wildman–Crippen LogP) is 2.50. The first-order chi connectivity index (χ1) is 10.9. The molecule has 0 radical (unpaired) electrons. The Balaban J connectivity index is 2.25. The molecule has 5 nitrogen and oxygen atoms in total. The SMILES string of the molecule is CCOc1ccccc1C(F)(F)C(=O)N1CCC[C@H](C(=O)O)C1. The van der Waals surface area contributed by atoms with Crippen LogP contribution >= 0.6 is 0 Å². The van der Waals surface area contributed by atoms with Crippen molar-refractivity contribution in [3.8, 4) is 5.75 Å². The van der Waals surface area contributed by atoms with Crippen LogP contribution < -0.4 is 4.74 Å². The number of carbonyl (C=O) groups is 2. The molecule has 0 saturated carbocycles. The van der Waals surface area contributed by atoms with E-state index in [4.69, 9.17) is 9.84 Å². The van der Waals surface area contributed by atoms with E-state index in [-0.39, 0.29) is 25.4 Å². The van der Waals surface area contributed by atoms with E-state index in [1.165, 1.54) is 12.1 Å². The van der Waals surface area contributed by atoms with Crippen molar-refractivity contribution in [3.63, 3.8) is 0 Å². The molecule has 0 bridgehead atoms. The zero-order chi connectivity index (χ0) is 17.0. The third kappa shape index (κ3) is 3.60. The summed E-state index contributed by atoms with van der Waals surface area (Å²) in [5.74, 6) is -7.05. The molecule has 7 heteroatoms. The second kappa shape index (κ2) is 6.93. The predicted molar refractivity (Wildman–Crippen MR) is 78.4 cm³/mol. The van der Waals surface area contributed by atoms with Crippen molar-refractivity contribution in [2.45, 2.75) is 25.7 Å². The zero-order valence-corrected chi connectivity index (χ0v) is 12.8. The Labute approximate surface area is 132 Å². The summed E-state index contributed by atoms with van der Waals surface area (Å²) in [6.07, 6.45) is 0.784. The number of carboxylic acid groups (broad SMARTS) is 1. The molecule has 0 aromatic heterocycles. The maximum absolute atomic E-state index is 14.6. The van der Waals surface area contributed by atoms with Crippen LogP contribution in [0.2, 0.25) is 0 Å². The van der Waals surface area contributed by atoms with Gasteiger partial charge in [0, 0.05) is 13.1 Å². The Hall–Kier alpha value is -2.18. The number of carbonyl (C=O) groups excluding carboxylic acids is 1. The number of nitrogens with zero attached hydrogens (tertiary/aromatic N) is 1. The van der Waals surface area contributed by atoms with E-state index in [0.717, 1.165) is 11.0 Å². The summed E-state index contributed by atoms with van der Waals surface area (Å²) < 4.78 is 34.4. The number of piperidine rings is 1. The van der Waals surface area contributed by atoms with Crippen LogP contribution in [0.5, 0.6) is 5.75 Å². The molecule has 2 rings (SSSR count). The van der Waals surface area contributed by atoms with Gasteiger partial charge in [0.2, 0.25) is 0 Å². The number of halogens is 2. The maximum Gasteiger partial charge on any atom is 0.353 e. The van der Waals surface area contributed by atoms with E-state index in [9.17, 15) is 18.4 Å². The number of carboxylic acids is 1. The van der Waals surface area contributed by atoms with Gasteiger partial charge >= 0.3 is 11.9 Å². The molecule has 1 heterocycles. The lowest BCUT2D eigenvalue weighted by Gasteiger charge is -2.33. The second-order valence-corrected chi connectivity index (χ2v) is 5.43. The number of likely N-dealkylation sites (tertiary alicyclic amines) is 1. The molecule has 1 amide bonds. The molecule has 1 fully saturated rings. The Morgan fingerprint density at radius 1 is 1.39 bits per heavy atom. The fourth-order valence-electron chi connectivity index (χ4n) is 2.68. The number of ether oxygens (including phenoxy) is 1. The van der Waals surface area contributed by atoms with Gasteiger partial charge in [0.25, 0.3) is 5.91 Å². The average molecular weight is 327 g/mol. The molecule has 23 heavy (non-hydrogen) atoms. The normalized spacial score (nSPS) is 18.6. The third-order valence-electron chi connectivity index (χ3n) is 3.85. The van der Waals surface area contributed by atoms with E-state index < -0.39 is 29.3 Å². The van der Waals surface area contributed by atoms with Crippen molar-refractivity contribution < 1.29 is 28.2 Å². The molecule has 1 N–H and O–H groups in total. The minimum Gasteiger partial charge on any atom is -0.493 e. The van der Waals surface area contributed by atoms with Crippen molar-refractivity contribution in [2.24, 2.45) is 5.92 Å². The van der Waals surface area contributed by atoms with Gasteiger partial charge in [-0.3, -0.25) is 9.59 Å². The Morgan fingerprint density at radius 3 is 2.74 bits per heavy atom. The Kier molecular flexibility index (Phi) is 5.18. The van der Waals surface area contributed by atoms with Crippen LogP contribution in [0.4, 0.5) is 8.78 Å². The first-order valence-electron chi connectivity index (χ1n) is 7.50. The zero-order valence-electron chi connectivity index (χ0n) is 12.8. The monoisotopic (exact) mass is 327 g/mol. The van der Waals surface area contributed by atoms with Gasteiger partial charge in [-0.1, -0.05) is 12.1 Å². The average Bonchev–Trinajstić information content (AvgIpc) is 2.55. The molecule has 1 aromatic carbocycles. The summed E-state index contributed by atoms with van der Waals surface area (Å²) in [6, 6.07) is 5.50. The molecular weight excluding hydrogens is 308 g/mol. The number of rotatable bonds is 5. The van der Waals surface area contributed by atoms with Crippen LogP contribution in [0.15, 0.2) is 24.3 Å². The fourth-order valence-corrected chi connectivity index (χ4v) is 2.68. The Morgan fingerprint density at radius 2 is 2.09 bits per heavy atom. The highest BCUT2D eigenvalue weighted by atomic mass is 19.3. The highest BCUT2D eigenvalue weighted by Crippen LogP contribution is 2.37.